The van der Waals surface area contributed by atoms with E-state index in [1.807, 2.05) is 18.2 Å². The summed E-state index contributed by atoms with van der Waals surface area (Å²) in [6.45, 7) is 4.26. The molecule has 1 aromatic rings. The number of anilines is 1. The second-order valence-electron chi connectivity index (χ2n) is 4.78. The van der Waals surface area contributed by atoms with E-state index in [4.69, 9.17) is 9.47 Å². The number of hydrogen-bond acceptors (Lipinski definition) is 5. The van der Waals surface area contributed by atoms with Gasteiger partial charge in [0.2, 0.25) is 6.29 Å². The molecule has 2 aliphatic heterocycles. The van der Waals surface area contributed by atoms with Crippen LogP contribution in [-0.2, 0) is 0 Å². The lowest BCUT2D eigenvalue weighted by atomic mass is 10.2. The van der Waals surface area contributed by atoms with E-state index < -0.39 is 6.29 Å². The van der Waals surface area contributed by atoms with Crippen molar-refractivity contribution in [3.05, 3.63) is 18.2 Å². The van der Waals surface area contributed by atoms with Crippen LogP contribution in [0.3, 0.4) is 0 Å². The molecule has 1 N–H and O–H groups in total. The summed E-state index contributed by atoms with van der Waals surface area (Å²) in [4.78, 5) is 4.62. The number of likely N-dealkylation sites (N-methyl/N-ethyl adjacent to an activating group) is 1. The van der Waals surface area contributed by atoms with E-state index in [0.717, 1.165) is 37.6 Å². The lowest BCUT2D eigenvalue weighted by Gasteiger charge is -2.36. The summed E-state index contributed by atoms with van der Waals surface area (Å²) in [5.74, 6) is 1.39. The third-order valence-corrected chi connectivity index (χ3v) is 3.44. The van der Waals surface area contributed by atoms with E-state index in [-0.39, 0.29) is 6.61 Å². The molecular formula is C13H18N2O3. The predicted octanol–water partition coefficient (Wildman–Crippen LogP) is 0.528. The van der Waals surface area contributed by atoms with Gasteiger partial charge in [-0.25, -0.2) is 0 Å². The second-order valence-corrected chi connectivity index (χ2v) is 4.78. The molecule has 0 saturated carbocycles. The SMILES string of the molecule is CN1CCN(c2cccc3c2OCC(O)O3)CC1. The summed E-state index contributed by atoms with van der Waals surface area (Å²) < 4.78 is 11.0. The van der Waals surface area contributed by atoms with Crippen LogP contribution in [-0.4, -0.2) is 56.1 Å². The molecule has 1 saturated heterocycles. The van der Waals surface area contributed by atoms with Crippen molar-refractivity contribution in [2.24, 2.45) is 0 Å². The fraction of sp³-hybridized carbons (Fsp3) is 0.538. The Bertz CT molecular complexity index is 430. The number of benzene rings is 1. The summed E-state index contributed by atoms with van der Waals surface area (Å²) >= 11 is 0. The molecular weight excluding hydrogens is 232 g/mol. The molecule has 0 aromatic heterocycles. The summed E-state index contributed by atoms with van der Waals surface area (Å²) in [6, 6.07) is 5.82. The molecule has 2 heterocycles. The number of ether oxygens (including phenoxy) is 2. The van der Waals surface area contributed by atoms with Gasteiger partial charge in [-0.05, 0) is 19.2 Å². The van der Waals surface area contributed by atoms with Crippen LogP contribution < -0.4 is 14.4 Å². The van der Waals surface area contributed by atoms with Crippen molar-refractivity contribution in [3.63, 3.8) is 0 Å². The topological polar surface area (TPSA) is 45.2 Å². The first-order valence-electron chi connectivity index (χ1n) is 6.28. The minimum absolute atomic E-state index is 0.192. The number of fused-ring (bicyclic) bond motifs is 1. The van der Waals surface area contributed by atoms with Crippen molar-refractivity contribution in [1.29, 1.82) is 0 Å². The molecule has 18 heavy (non-hydrogen) atoms. The quantitative estimate of drug-likeness (QED) is 0.787. The van der Waals surface area contributed by atoms with Crippen LogP contribution in [0.4, 0.5) is 5.69 Å². The van der Waals surface area contributed by atoms with E-state index in [0.29, 0.717) is 5.75 Å². The fourth-order valence-corrected chi connectivity index (χ4v) is 2.37. The van der Waals surface area contributed by atoms with Crippen LogP contribution in [0.1, 0.15) is 0 Å². The zero-order valence-corrected chi connectivity index (χ0v) is 10.5. The molecule has 0 spiro atoms. The van der Waals surface area contributed by atoms with E-state index in [1.165, 1.54) is 0 Å². The maximum Gasteiger partial charge on any atom is 0.232 e. The zero-order chi connectivity index (χ0) is 12.5. The summed E-state index contributed by atoms with van der Waals surface area (Å²) in [7, 11) is 2.13. The smallest absolute Gasteiger partial charge is 0.232 e. The van der Waals surface area contributed by atoms with Gasteiger partial charge in [0.1, 0.15) is 0 Å². The van der Waals surface area contributed by atoms with Crippen molar-refractivity contribution >= 4 is 5.69 Å². The van der Waals surface area contributed by atoms with Gasteiger partial charge in [0.05, 0.1) is 5.69 Å². The normalized spacial score (nSPS) is 24.1. The number of para-hydroxylation sites is 1. The molecule has 5 nitrogen and oxygen atoms in total. The van der Waals surface area contributed by atoms with Crippen LogP contribution in [0.2, 0.25) is 0 Å². The van der Waals surface area contributed by atoms with Gasteiger partial charge in [-0.15, -0.1) is 0 Å². The lowest BCUT2D eigenvalue weighted by Crippen LogP contribution is -2.44. The Hall–Kier alpha value is -1.46. The predicted molar refractivity (Wildman–Crippen MR) is 68.3 cm³/mol. The van der Waals surface area contributed by atoms with Crippen molar-refractivity contribution in [1.82, 2.24) is 4.90 Å². The monoisotopic (exact) mass is 250 g/mol. The standard InChI is InChI=1S/C13H18N2O3/c1-14-5-7-15(8-6-14)10-3-2-4-11-13(10)17-9-12(16)18-11/h2-4,12,16H,5-9H2,1H3. The van der Waals surface area contributed by atoms with Gasteiger partial charge in [0, 0.05) is 26.2 Å². The molecule has 2 aliphatic rings. The molecule has 5 heteroatoms. The number of piperazine rings is 1. The molecule has 0 radical (unpaired) electrons. The summed E-state index contributed by atoms with van der Waals surface area (Å²) in [5, 5.41) is 9.42. The number of aliphatic hydroxyl groups excluding tert-OH is 1. The fourth-order valence-electron chi connectivity index (χ4n) is 2.37. The highest BCUT2D eigenvalue weighted by molar-refractivity contribution is 5.65. The van der Waals surface area contributed by atoms with Crippen LogP contribution in [0.15, 0.2) is 18.2 Å². The molecule has 1 atom stereocenters. The Morgan fingerprint density at radius 1 is 1.22 bits per heavy atom. The number of hydrogen-bond donors (Lipinski definition) is 1. The average Bonchev–Trinajstić information content (AvgIpc) is 2.38. The average molecular weight is 250 g/mol. The van der Waals surface area contributed by atoms with Gasteiger partial charge < -0.3 is 24.4 Å². The van der Waals surface area contributed by atoms with Gasteiger partial charge in [0.25, 0.3) is 0 Å². The number of rotatable bonds is 1. The number of aliphatic hydroxyl groups is 1. The van der Waals surface area contributed by atoms with Gasteiger partial charge in [0.15, 0.2) is 18.1 Å². The van der Waals surface area contributed by atoms with Gasteiger partial charge in [-0.3, -0.25) is 0 Å². The Balaban J connectivity index is 1.86. The van der Waals surface area contributed by atoms with Crippen LogP contribution in [0.5, 0.6) is 11.5 Å². The van der Waals surface area contributed by atoms with Crippen LogP contribution >= 0.6 is 0 Å². The molecule has 0 bridgehead atoms. The summed E-state index contributed by atoms with van der Waals surface area (Å²) in [6.07, 6.45) is -0.861. The van der Waals surface area contributed by atoms with Gasteiger partial charge in [-0.1, -0.05) is 6.07 Å². The molecule has 0 aliphatic carbocycles. The maximum absolute atomic E-state index is 9.42. The largest absolute Gasteiger partial charge is 0.481 e. The first kappa shape index (κ1) is 11.6. The molecule has 0 amide bonds. The maximum atomic E-state index is 9.42. The molecule has 1 fully saturated rings. The molecule has 1 unspecified atom stereocenters. The Morgan fingerprint density at radius 3 is 2.78 bits per heavy atom. The highest BCUT2D eigenvalue weighted by Gasteiger charge is 2.25. The van der Waals surface area contributed by atoms with Gasteiger partial charge >= 0.3 is 0 Å². The number of nitrogens with zero attached hydrogens (tertiary/aromatic N) is 2. The van der Waals surface area contributed by atoms with Crippen molar-refractivity contribution in [2.45, 2.75) is 6.29 Å². The van der Waals surface area contributed by atoms with Crippen LogP contribution in [0.25, 0.3) is 0 Å². The molecule has 98 valence electrons. The first-order chi connectivity index (χ1) is 8.74. The third-order valence-electron chi connectivity index (χ3n) is 3.44. The lowest BCUT2D eigenvalue weighted by molar-refractivity contribution is -0.0667. The Kier molecular flexibility index (Phi) is 3.01. The third kappa shape index (κ3) is 2.11. The minimum Gasteiger partial charge on any atom is -0.481 e. The van der Waals surface area contributed by atoms with Crippen molar-refractivity contribution in [3.8, 4) is 11.5 Å². The Labute approximate surface area is 107 Å². The molecule has 1 aromatic carbocycles. The highest BCUT2D eigenvalue weighted by atomic mass is 16.7. The highest BCUT2D eigenvalue weighted by Crippen LogP contribution is 2.40. The first-order valence-corrected chi connectivity index (χ1v) is 6.28. The van der Waals surface area contributed by atoms with E-state index in [2.05, 4.69) is 16.8 Å². The zero-order valence-electron chi connectivity index (χ0n) is 10.5. The summed E-state index contributed by atoms with van der Waals surface area (Å²) in [5.41, 5.74) is 1.06. The van der Waals surface area contributed by atoms with Gasteiger partial charge in [-0.2, -0.15) is 0 Å². The Morgan fingerprint density at radius 2 is 2.00 bits per heavy atom. The van der Waals surface area contributed by atoms with Crippen molar-refractivity contribution in [2.75, 3.05) is 44.7 Å². The minimum atomic E-state index is -0.861. The van der Waals surface area contributed by atoms with E-state index >= 15 is 0 Å². The van der Waals surface area contributed by atoms with Crippen LogP contribution in [0, 0.1) is 0 Å². The second kappa shape index (κ2) is 4.66. The van der Waals surface area contributed by atoms with Crippen molar-refractivity contribution < 1.29 is 14.6 Å². The molecule has 3 rings (SSSR count). The van der Waals surface area contributed by atoms with E-state index in [1.54, 1.807) is 0 Å². The van der Waals surface area contributed by atoms with E-state index in [9.17, 15) is 5.11 Å².